The van der Waals surface area contributed by atoms with Gasteiger partial charge < -0.3 is 9.84 Å². The lowest BCUT2D eigenvalue weighted by Crippen LogP contribution is -2.47. The molecule has 0 saturated carbocycles. The molecule has 4 nitrogen and oxygen atoms in total. The molecule has 2 atom stereocenters. The Morgan fingerprint density at radius 2 is 2.28 bits per heavy atom. The molecule has 1 heterocycles. The highest BCUT2D eigenvalue weighted by Crippen LogP contribution is 2.24. The SMILES string of the molecule is CC(c1ccccc1F)N1CCOC(C(=O)O)C1. The fourth-order valence-electron chi connectivity index (χ4n) is 2.18. The highest BCUT2D eigenvalue weighted by Gasteiger charge is 2.29. The summed E-state index contributed by atoms with van der Waals surface area (Å²) in [7, 11) is 0. The average Bonchev–Trinajstić information content (AvgIpc) is 2.38. The molecule has 0 aromatic heterocycles. The summed E-state index contributed by atoms with van der Waals surface area (Å²) in [5.74, 6) is -1.23. The van der Waals surface area contributed by atoms with Gasteiger partial charge in [0, 0.05) is 24.7 Å². The van der Waals surface area contributed by atoms with Crippen LogP contribution >= 0.6 is 0 Å². The molecule has 0 radical (unpaired) electrons. The van der Waals surface area contributed by atoms with E-state index in [9.17, 15) is 9.18 Å². The maximum atomic E-state index is 13.7. The molecule has 2 unspecified atom stereocenters. The third-order valence-corrected chi connectivity index (χ3v) is 3.28. The Morgan fingerprint density at radius 3 is 2.94 bits per heavy atom. The van der Waals surface area contributed by atoms with E-state index in [1.165, 1.54) is 6.07 Å². The fourth-order valence-corrected chi connectivity index (χ4v) is 2.18. The molecule has 1 aromatic rings. The number of benzene rings is 1. The van der Waals surface area contributed by atoms with E-state index >= 15 is 0 Å². The van der Waals surface area contributed by atoms with Crippen molar-refractivity contribution in [2.75, 3.05) is 19.7 Å². The predicted molar refractivity (Wildman–Crippen MR) is 63.8 cm³/mol. The number of aliphatic carboxylic acids is 1. The van der Waals surface area contributed by atoms with Crippen LogP contribution in [-0.2, 0) is 9.53 Å². The smallest absolute Gasteiger partial charge is 0.334 e. The summed E-state index contributed by atoms with van der Waals surface area (Å²) in [5, 5.41) is 8.94. The molecule has 1 aromatic carbocycles. The Morgan fingerprint density at radius 1 is 1.56 bits per heavy atom. The van der Waals surface area contributed by atoms with Gasteiger partial charge in [0.15, 0.2) is 6.10 Å². The topological polar surface area (TPSA) is 49.8 Å². The fraction of sp³-hybridized carbons (Fsp3) is 0.462. The highest BCUT2D eigenvalue weighted by molar-refractivity contribution is 5.72. The summed E-state index contributed by atoms with van der Waals surface area (Å²) in [4.78, 5) is 12.8. The van der Waals surface area contributed by atoms with Crippen LogP contribution in [-0.4, -0.2) is 41.8 Å². The van der Waals surface area contributed by atoms with Crippen LogP contribution in [0.3, 0.4) is 0 Å². The Labute approximate surface area is 105 Å². The Balaban J connectivity index is 2.11. The van der Waals surface area contributed by atoms with Crippen LogP contribution in [0, 0.1) is 5.82 Å². The minimum absolute atomic E-state index is 0.156. The second-order valence-electron chi connectivity index (χ2n) is 4.39. The highest BCUT2D eigenvalue weighted by atomic mass is 19.1. The van der Waals surface area contributed by atoms with Crippen molar-refractivity contribution < 1.29 is 19.0 Å². The van der Waals surface area contributed by atoms with Crippen molar-refractivity contribution in [1.82, 2.24) is 4.90 Å². The molecule has 5 heteroatoms. The molecule has 18 heavy (non-hydrogen) atoms. The normalized spacial score (nSPS) is 22.7. The number of carboxylic acid groups (broad SMARTS) is 1. The van der Waals surface area contributed by atoms with E-state index in [1.807, 2.05) is 11.8 Å². The van der Waals surface area contributed by atoms with Gasteiger partial charge in [0.1, 0.15) is 5.82 Å². The second kappa shape index (κ2) is 5.46. The third-order valence-electron chi connectivity index (χ3n) is 3.28. The zero-order chi connectivity index (χ0) is 13.1. The lowest BCUT2D eigenvalue weighted by molar-refractivity contribution is -0.157. The second-order valence-corrected chi connectivity index (χ2v) is 4.39. The summed E-state index contributed by atoms with van der Waals surface area (Å²) in [6.07, 6.45) is -0.826. The third kappa shape index (κ3) is 2.68. The first kappa shape index (κ1) is 13.0. The molecule has 1 aliphatic rings. The molecule has 0 aliphatic carbocycles. The van der Waals surface area contributed by atoms with Crippen molar-refractivity contribution >= 4 is 5.97 Å². The molecular weight excluding hydrogens is 237 g/mol. The number of hydrogen-bond acceptors (Lipinski definition) is 3. The summed E-state index contributed by atoms with van der Waals surface area (Å²) in [5.41, 5.74) is 0.587. The maximum absolute atomic E-state index is 13.7. The standard InChI is InChI=1S/C13H16FNO3/c1-9(10-4-2-3-5-11(10)14)15-6-7-18-12(8-15)13(16)17/h2-5,9,12H,6-8H2,1H3,(H,16,17). The molecule has 0 bridgehead atoms. The van der Waals surface area contributed by atoms with Crippen molar-refractivity contribution in [2.45, 2.75) is 19.1 Å². The quantitative estimate of drug-likeness (QED) is 0.890. The number of hydrogen-bond donors (Lipinski definition) is 1. The number of nitrogens with zero attached hydrogens (tertiary/aromatic N) is 1. The molecule has 1 saturated heterocycles. The minimum atomic E-state index is -0.972. The van der Waals surface area contributed by atoms with Crippen LogP contribution in [0.4, 0.5) is 4.39 Å². The van der Waals surface area contributed by atoms with Crippen molar-refractivity contribution in [3.05, 3.63) is 35.6 Å². The van der Waals surface area contributed by atoms with E-state index in [0.717, 1.165) is 0 Å². The molecule has 0 spiro atoms. The number of rotatable bonds is 3. The number of ether oxygens (including phenoxy) is 1. The van der Waals surface area contributed by atoms with Gasteiger partial charge in [-0.2, -0.15) is 0 Å². The molecule has 1 aliphatic heterocycles. The molecule has 98 valence electrons. The van der Waals surface area contributed by atoms with Gasteiger partial charge in [-0.05, 0) is 13.0 Å². The lowest BCUT2D eigenvalue weighted by Gasteiger charge is -2.35. The largest absolute Gasteiger partial charge is 0.479 e. The van der Waals surface area contributed by atoms with Crippen molar-refractivity contribution in [1.29, 1.82) is 0 Å². The number of carboxylic acids is 1. The molecule has 2 rings (SSSR count). The molecule has 1 N–H and O–H groups in total. The van der Waals surface area contributed by atoms with Gasteiger partial charge in [0.25, 0.3) is 0 Å². The number of carbonyl (C=O) groups is 1. The first-order valence-corrected chi connectivity index (χ1v) is 5.92. The average molecular weight is 253 g/mol. The summed E-state index contributed by atoms with van der Waals surface area (Å²) < 4.78 is 18.8. The summed E-state index contributed by atoms with van der Waals surface area (Å²) >= 11 is 0. The van der Waals surface area contributed by atoms with E-state index in [1.54, 1.807) is 18.2 Å². The van der Waals surface area contributed by atoms with Gasteiger partial charge in [-0.1, -0.05) is 18.2 Å². The van der Waals surface area contributed by atoms with E-state index in [0.29, 0.717) is 18.7 Å². The predicted octanol–water partition coefficient (Wildman–Crippen LogP) is 1.67. The van der Waals surface area contributed by atoms with Crippen molar-refractivity contribution in [2.24, 2.45) is 0 Å². The van der Waals surface area contributed by atoms with E-state index in [-0.39, 0.29) is 18.4 Å². The molecule has 1 fully saturated rings. The zero-order valence-electron chi connectivity index (χ0n) is 10.2. The molecular formula is C13H16FNO3. The van der Waals surface area contributed by atoms with Crippen molar-refractivity contribution in [3.63, 3.8) is 0 Å². The Bertz CT molecular complexity index is 438. The van der Waals surface area contributed by atoms with Crippen LogP contribution in [0.2, 0.25) is 0 Å². The van der Waals surface area contributed by atoms with Crippen LogP contribution in [0.25, 0.3) is 0 Å². The van der Waals surface area contributed by atoms with Crippen LogP contribution < -0.4 is 0 Å². The number of morpholine rings is 1. The summed E-state index contributed by atoms with van der Waals surface area (Å²) in [6.45, 7) is 3.13. The minimum Gasteiger partial charge on any atom is -0.479 e. The van der Waals surface area contributed by atoms with Crippen molar-refractivity contribution in [3.8, 4) is 0 Å². The van der Waals surface area contributed by atoms with Crippen LogP contribution in [0.15, 0.2) is 24.3 Å². The van der Waals surface area contributed by atoms with Gasteiger partial charge in [-0.15, -0.1) is 0 Å². The Kier molecular flexibility index (Phi) is 3.93. The van der Waals surface area contributed by atoms with Crippen LogP contribution in [0.1, 0.15) is 18.5 Å². The monoisotopic (exact) mass is 253 g/mol. The van der Waals surface area contributed by atoms with Gasteiger partial charge in [0.2, 0.25) is 0 Å². The first-order chi connectivity index (χ1) is 8.59. The van der Waals surface area contributed by atoms with Gasteiger partial charge in [0.05, 0.1) is 6.61 Å². The van der Waals surface area contributed by atoms with E-state index < -0.39 is 12.1 Å². The molecule has 0 amide bonds. The van der Waals surface area contributed by atoms with Gasteiger partial charge in [-0.25, -0.2) is 9.18 Å². The first-order valence-electron chi connectivity index (χ1n) is 5.92. The van der Waals surface area contributed by atoms with Gasteiger partial charge in [-0.3, -0.25) is 4.90 Å². The van der Waals surface area contributed by atoms with E-state index in [4.69, 9.17) is 9.84 Å². The number of halogens is 1. The lowest BCUT2D eigenvalue weighted by atomic mass is 10.1. The van der Waals surface area contributed by atoms with Gasteiger partial charge >= 0.3 is 5.97 Å². The van der Waals surface area contributed by atoms with E-state index in [2.05, 4.69) is 0 Å². The summed E-state index contributed by atoms with van der Waals surface area (Å²) in [6, 6.07) is 6.41. The Hall–Kier alpha value is -1.46. The zero-order valence-corrected chi connectivity index (χ0v) is 10.2. The maximum Gasteiger partial charge on any atom is 0.334 e. The van der Waals surface area contributed by atoms with Crippen LogP contribution in [0.5, 0.6) is 0 Å².